The van der Waals surface area contributed by atoms with Crippen molar-refractivity contribution >= 4 is 56.1 Å². The van der Waals surface area contributed by atoms with Crippen molar-refractivity contribution in [2.75, 3.05) is 11.1 Å². The first-order valence-corrected chi connectivity index (χ1v) is 10.4. The van der Waals surface area contributed by atoms with E-state index in [-0.39, 0.29) is 11.7 Å². The molecule has 5 nitrogen and oxygen atoms in total. The van der Waals surface area contributed by atoms with Gasteiger partial charge in [-0.05, 0) is 35.7 Å². The second-order valence-corrected chi connectivity index (χ2v) is 8.24. The van der Waals surface area contributed by atoms with E-state index in [2.05, 4.69) is 31.3 Å². The Labute approximate surface area is 166 Å². The molecule has 3 aromatic heterocycles. The highest BCUT2D eigenvalue weighted by molar-refractivity contribution is 9.10. The number of aromatic nitrogens is 3. The van der Waals surface area contributed by atoms with Gasteiger partial charge >= 0.3 is 0 Å². The maximum absolute atomic E-state index is 12.2. The minimum absolute atomic E-state index is 0.0742. The molecule has 0 radical (unpaired) electrons. The largest absolute Gasteiger partial charge is 0.325 e. The predicted molar refractivity (Wildman–Crippen MR) is 110 cm³/mol. The van der Waals surface area contributed by atoms with Crippen LogP contribution in [0.3, 0.4) is 0 Å². The molecule has 0 saturated carbocycles. The molecule has 8 heteroatoms. The fourth-order valence-corrected chi connectivity index (χ4v) is 4.31. The average Bonchev–Trinajstić information content (AvgIpc) is 3.29. The summed E-state index contributed by atoms with van der Waals surface area (Å²) in [5.41, 5.74) is 2.57. The monoisotopic (exact) mass is 444 g/mol. The average molecular weight is 445 g/mol. The number of fused-ring (bicyclic) bond motifs is 1. The van der Waals surface area contributed by atoms with E-state index in [1.165, 1.54) is 11.8 Å². The number of thiophene rings is 1. The highest BCUT2D eigenvalue weighted by Gasteiger charge is 2.12. The van der Waals surface area contributed by atoms with Gasteiger partial charge in [0.25, 0.3) is 0 Å². The number of hydrogen-bond donors (Lipinski definition) is 1. The number of anilines is 1. The standard InChI is InChI=1S/C18H13BrN4OS2/c19-12-3-1-4-13(9-12)21-17(24)11-26-18-15-10-14(16-5-2-8-25-16)22-23(15)7-6-20-18/h1-10H,11H2,(H,21,24). The second kappa shape index (κ2) is 7.61. The number of benzene rings is 1. The summed E-state index contributed by atoms with van der Waals surface area (Å²) >= 11 is 6.44. The van der Waals surface area contributed by atoms with E-state index in [1.807, 2.05) is 54.0 Å². The van der Waals surface area contributed by atoms with E-state index < -0.39 is 0 Å². The zero-order chi connectivity index (χ0) is 17.9. The fourth-order valence-electron chi connectivity index (χ4n) is 2.45. The van der Waals surface area contributed by atoms with Crippen LogP contribution >= 0.6 is 39.0 Å². The molecule has 130 valence electrons. The molecule has 0 aliphatic rings. The summed E-state index contributed by atoms with van der Waals surface area (Å²) in [4.78, 5) is 17.8. The van der Waals surface area contributed by atoms with Crippen molar-refractivity contribution in [3.8, 4) is 10.6 Å². The van der Waals surface area contributed by atoms with Crippen LogP contribution in [-0.4, -0.2) is 26.3 Å². The molecule has 0 bridgehead atoms. The van der Waals surface area contributed by atoms with Crippen molar-refractivity contribution in [1.29, 1.82) is 0 Å². The van der Waals surface area contributed by atoms with Gasteiger partial charge in [0.15, 0.2) is 0 Å². The van der Waals surface area contributed by atoms with Crippen molar-refractivity contribution < 1.29 is 4.79 Å². The van der Waals surface area contributed by atoms with Crippen LogP contribution in [0.25, 0.3) is 16.1 Å². The molecular formula is C18H13BrN4OS2. The second-order valence-electron chi connectivity index (χ2n) is 5.42. The zero-order valence-corrected chi connectivity index (χ0v) is 16.6. The van der Waals surface area contributed by atoms with E-state index in [4.69, 9.17) is 0 Å². The first-order chi connectivity index (χ1) is 12.7. The van der Waals surface area contributed by atoms with Gasteiger partial charge in [-0.15, -0.1) is 11.3 Å². The van der Waals surface area contributed by atoms with Crippen LogP contribution in [0, 0.1) is 0 Å². The topological polar surface area (TPSA) is 59.3 Å². The Morgan fingerprint density at radius 2 is 2.19 bits per heavy atom. The van der Waals surface area contributed by atoms with Crippen LogP contribution in [-0.2, 0) is 4.79 Å². The van der Waals surface area contributed by atoms with Gasteiger partial charge in [-0.25, -0.2) is 9.50 Å². The van der Waals surface area contributed by atoms with Crippen molar-refractivity contribution in [3.05, 3.63) is 64.7 Å². The minimum Gasteiger partial charge on any atom is -0.325 e. The number of carbonyl (C=O) groups is 1. The molecule has 26 heavy (non-hydrogen) atoms. The van der Waals surface area contributed by atoms with Crippen molar-refractivity contribution in [2.24, 2.45) is 0 Å². The minimum atomic E-state index is -0.0742. The number of hydrogen-bond acceptors (Lipinski definition) is 5. The highest BCUT2D eigenvalue weighted by Crippen LogP contribution is 2.28. The predicted octanol–water partition coefficient (Wildman–Crippen LogP) is 4.95. The van der Waals surface area contributed by atoms with Crippen molar-refractivity contribution in [1.82, 2.24) is 14.6 Å². The molecule has 1 aromatic carbocycles. The Kier molecular flexibility index (Phi) is 5.05. The lowest BCUT2D eigenvalue weighted by molar-refractivity contribution is -0.113. The lowest BCUT2D eigenvalue weighted by Crippen LogP contribution is -2.14. The number of nitrogens with zero attached hydrogens (tertiary/aromatic N) is 3. The molecule has 0 spiro atoms. The highest BCUT2D eigenvalue weighted by atomic mass is 79.9. The van der Waals surface area contributed by atoms with Gasteiger partial charge in [0, 0.05) is 22.6 Å². The fraction of sp³-hybridized carbons (Fsp3) is 0.0556. The summed E-state index contributed by atoms with van der Waals surface area (Å²) in [7, 11) is 0. The molecule has 0 aliphatic carbocycles. The maximum atomic E-state index is 12.2. The van der Waals surface area contributed by atoms with Crippen LogP contribution in [0.4, 0.5) is 5.69 Å². The van der Waals surface area contributed by atoms with Crippen LogP contribution in [0.1, 0.15) is 0 Å². The van der Waals surface area contributed by atoms with Gasteiger partial charge in [0.05, 0.1) is 16.1 Å². The van der Waals surface area contributed by atoms with Gasteiger partial charge in [0.2, 0.25) is 5.91 Å². The van der Waals surface area contributed by atoms with Gasteiger partial charge in [0.1, 0.15) is 10.7 Å². The van der Waals surface area contributed by atoms with Crippen LogP contribution < -0.4 is 5.32 Å². The zero-order valence-electron chi connectivity index (χ0n) is 13.4. The molecule has 1 amide bonds. The molecular weight excluding hydrogens is 432 g/mol. The summed E-state index contributed by atoms with van der Waals surface area (Å²) in [6.07, 6.45) is 3.52. The Morgan fingerprint density at radius 1 is 1.27 bits per heavy atom. The van der Waals surface area contributed by atoms with Crippen LogP contribution in [0.15, 0.2) is 69.7 Å². The van der Waals surface area contributed by atoms with E-state index in [0.717, 1.165) is 31.3 Å². The summed E-state index contributed by atoms with van der Waals surface area (Å²) in [6, 6.07) is 13.6. The molecule has 4 aromatic rings. The molecule has 3 heterocycles. The van der Waals surface area contributed by atoms with E-state index >= 15 is 0 Å². The maximum Gasteiger partial charge on any atom is 0.234 e. The Balaban J connectivity index is 1.49. The van der Waals surface area contributed by atoms with E-state index in [0.29, 0.717) is 0 Å². The van der Waals surface area contributed by atoms with Crippen molar-refractivity contribution in [2.45, 2.75) is 5.03 Å². The number of halogens is 1. The summed E-state index contributed by atoms with van der Waals surface area (Å²) in [5, 5.41) is 10.3. The quantitative estimate of drug-likeness (QED) is 0.442. The molecule has 0 atom stereocenters. The normalized spacial score (nSPS) is 11.0. The van der Waals surface area contributed by atoms with Crippen LogP contribution in [0.5, 0.6) is 0 Å². The number of rotatable bonds is 5. The van der Waals surface area contributed by atoms with E-state index in [1.54, 1.807) is 22.0 Å². The number of amides is 1. The van der Waals surface area contributed by atoms with E-state index in [9.17, 15) is 4.79 Å². The third-order valence-electron chi connectivity index (χ3n) is 3.58. The van der Waals surface area contributed by atoms with Gasteiger partial charge < -0.3 is 5.32 Å². The molecule has 0 aliphatic heterocycles. The third-order valence-corrected chi connectivity index (χ3v) is 5.96. The molecule has 0 saturated heterocycles. The number of thioether (sulfide) groups is 1. The first kappa shape index (κ1) is 17.3. The third kappa shape index (κ3) is 3.82. The molecule has 1 N–H and O–H groups in total. The summed E-state index contributed by atoms with van der Waals surface area (Å²) < 4.78 is 2.73. The van der Waals surface area contributed by atoms with Crippen LogP contribution in [0.2, 0.25) is 0 Å². The lowest BCUT2D eigenvalue weighted by atomic mass is 10.3. The lowest BCUT2D eigenvalue weighted by Gasteiger charge is -2.06. The Morgan fingerprint density at radius 3 is 3.00 bits per heavy atom. The SMILES string of the molecule is O=C(CSc1nccn2nc(-c3cccs3)cc12)Nc1cccc(Br)c1. The molecule has 4 rings (SSSR count). The van der Waals surface area contributed by atoms with Gasteiger partial charge in [-0.3, -0.25) is 4.79 Å². The Bertz CT molecular complexity index is 1060. The smallest absolute Gasteiger partial charge is 0.234 e. The summed E-state index contributed by atoms with van der Waals surface area (Å²) in [6.45, 7) is 0. The number of nitrogens with one attached hydrogen (secondary N) is 1. The van der Waals surface area contributed by atoms with Gasteiger partial charge in [-0.2, -0.15) is 5.10 Å². The molecule has 0 fully saturated rings. The van der Waals surface area contributed by atoms with Gasteiger partial charge in [-0.1, -0.05) is 39.8 Å². The van der Waals surface area contributed by atoms with Crippen molar-refractivity contribution in [3.63, 3.8) is 0 Å². The molecule has 0 unspecified atom stereocenters. The number of carbonyl (C=O) groups excluding carboxylic acids is 1. The first-order valence-electron chi connectivity index (χ1n) is 7.75. The summed E-state index contributed by atoms with van der Waals surface area (Å²) in [5.74, 6) is 0.202. The Hall–Kier alpha value is -2.16.